The van der Waals surface area contributed by atoms with E-state index < -0.39 is 5.41 Å². The molecule has 0 bridgehead atoms. The molecule has 10 aromatic rings. The van der Waals surface area contributed by atoms with E-state index in [2.05, 4.69) is 226 Å². The molecular weight excluding hydrogens is 1070 g/mol. The zero-order valence-corrected chi connectivity index (χ0v) is 46.9. The van der Waals surface area contributed by atoms with Crippen LogP contribution < -0.4 is 9.30 Å². The topological polar surface area (TPSA) is 48.8 Å². The maximum Gasteiger partial charge on any atom is 0.268 e. The molecule has 1 spiro atoms. The number of aryl methyl sites for hydroxylation is 2. The number of nitrogens with zero attached hydrogens (tertiary/aromatic N) is 5. The molecule has 7 heteroatoms. The molecule has 12 rings (SSSR count). The van der Waals surface area contributed by atoms with E-state index in [0.717, 1.165) is 67.0 Å². The van der Waals surface area contributed by atoms with Gasteiger partial charge in [0.05, 0.1) is 16.7 Å². The molecule has 73 heavy (non-hydrogen) atoms. The van der Waals surface area contributed by atoms with Gasteiger partial charge in [-0.15, -0.1) is 35.2 Å². The van der Waals surface area contributed by atoms with Crippen molar-refractivity contribution in [3.8, 4) is 39.8 Å². The molecule has 6 nitrogen and oxygen atoms in total. The van der Waals surface area contributed by atoms with Crippen molar-refractivity contribution in [3.63, 3.8) is 0 Å². The first-order valence-electron chi connectivity index (χ1n) is 25.5. The summed E-state index contributed by atoms with van der Waals surface area (Å²) in [7, 11) is 0. The predicted molar refractivity (Wildman–Crippen MR) is 293 cm³/mol. The van der Waals surface area contributed by atoms with Crippen LogP contribution in [0.1, 0.15) is 139 Å². The number of rotatable bonds is 4. The summed E-state index contributed by atoms with van der Waals surface area (Å²) in [5.41, 5.74) is 19.6. The molecule has 0 atom stereocenters. The van der Waals surface area contributed by atoms with E-state index >= 15 is 0 Å². The van der Waals surface area contributed by atoms with Crippen LogP contribution in [0.4, 0.5) is 0 Å². The molecule has 0 radical (unpaired) electrons. The van der Waals surface area contributed by atoms with Crippen molar-refractivity contribution in [1.29, 1.82) is 0 Å². The summed E-state index contributed by atoms with van der Waals surface area (Å²) in [6.07, 6.45) is 5.75. The van der Waals surface area contributed by atoms with E-state index in [0.29, 0.717) is 11.5 Å². The number of para-hydroxylation sites is 2. The molecule has 0 unspecified atom stereocenters. The van der Waals surface area contributed by atoms with Gasteiger partial charge in [0.25, 0.3) is 6.33 Å². The molecule has 2 aliphatic rings. The Morgan fingerprint density at radius 1 is 0.575 bits per heavy atom. The fourth-order valence-corrected chi connectivity index (χ4v) is 11.9. The number of ether oxygens (including phenoxy) is 1. The Hall–Kier alpha value is -6.62. The maximum atomic E-state index is 7.01. The largest absolute Gasteiger partial charge is 0.510 e. The molecule has 4 aromatic heterocycles. The monoisotopic (exact) mass is 1140 g/mol. The van der Waals surface area contributed by atoms with Crippen molar-refractivity contribution in [2.75, 3.05) is 0 Å². The minimum atomic E-state index is -0.759. The van der Waals surface area contributed by atoms with Crippen LogP contribution in [0.3, 0.4) is 0 Å². The van der Waals surface area contributed by atoms with Crippen LogP contribution in [-0.4, -0.2) is 19.1 Å². The van der Waals surface area contributed by atoms with Gasteiger partial charge in [0.2, 0.25) is 0 Å². The Morgan fingerprint density at radius 3 is 1.78 bits per heavy atom. The Kier molecular flexibility index (Phi) is 11.0. The van der Waals surface area contributed by atoms with Crippen LogP contribution in [0.15, 0.2) is 128 Å². The minimum absolute atomic E-state index is 0. The van der Waals surface area contributed by atoms with E-state index in [1.807, 2.05) is 30.5 Å². The molecular formula is C66H63N5OPt-2. The Labute approximate surface area is 445 Å². The van der Waals surface area contributed by atoms with Crippen LogP contribution >= 0.6 is 0 Å². The molecule has 1 aliphatic carbocycles. The fourth-order valence-electron chi connectivity index (χ4n) is 11.9. The van der Waals surface area contributed by atoms with Gasteiger partial charge in [0.15, 0.2) is 0 Å². The molecule has 1 aliphatic heterocycles. The second kappa shape index (κ2) is 16.4. The third kappa shape index (κ3) is 7.40. The third-order valence-corrected chi connectivity index (χ3v) is 15.3. The summed E-state index contributed by atoms with van der Waals surface area (Å²) in [5.74, 6) is 2.01. The molecule has 6 aromatic carbocycles. The maximum absolute atomic E-state index is 7.01. The molecule has 0 N–H and O–H groups in total. The van der Waals surface area contributed by atoms with E-state index in [1.54, 1.807) is 0 Å². The van der Waals surface area contributed by atoms with Gasteiger partial charge in [-0.25, -0.2) is 4.98 Å². The summed E-state index contributed by atoms with van der Waals surface area (Å²) in [6.45, 7) is 32.6. The van der Waals surface area contributed by atoms with Gasteiger partial charge in [0.1, 0.15) is 5.82 Å². The van der Waals surface area contributed by atoms with Crippen molar-refractivity contribution < 1.29 is 30.4 Å². The predicted octanol–water partition coefficient (Wildman–Crippen LogP) is 15.5. The number of hydrogen-bond donors (Lipinski definition) is 0. The average Bonchev–Trinajstić information content (AvgIpc) is 3.96. The van der Waals surface area contributed by atoms with Crippen LogP contribution in [0.5, 0.6) is 11.5 Å². The van der Waals surface area contributed by atoms with E-state index in [-0.39, 0.29) is 42.7 Å². The van der Waals surface area contributed by atoms with Crippen molar-refractivity contribution in [1.82, 2.24) is 19.1 Å². The van der Waals surface area contributed by atoms with Gasteiger partial charge in [-0.3, -0.25) is 9.55 Å². The standard InChI is InChI=1S/C66H63N5O.Pt/c1-39-30-43(31-40(2)68-39)69-38-70-57-37-45(72-44-25-27-47-46-20-15-16-22-54(46)71(56(47)36-44)58-24-17-18-29-67-58)26-28-50(57)66(51-21-19-23-55(69)61(51)70)59-48(32-41(62(3,4)5)34-52(59)64(9,10)11)49-33-42(63(6,7)8)35-53(60(49)66)65(12,13)14;/h15-35H,1-14H3;/q-2;. The zero-order valence-electron chi connectivity index (χ0n) is 44.6. The Morgan fingerprint density at radius 2 is 1.18 bits per heavy atom. The van der Waals surface area contributed by atoms with E-state index in [1.165, 1.54) is 50.1 Å². The first kappa shape index (κ1) is 48.6. The zero-order chi connectivity index (χ0) is 50.6. The number of pyridine rings is 2. The molecule has 5 heterocycles. The van der Waals surface area contributed by atoms with Crippen molar-refractivity contribution in [3.05, 3.63) is 202 Å². The van der Waals surface area contributed by atoms with Crippen molar-refractivity contribution >= 4 is 32.8 Å². The minimum Gasteiger partial charge on any atom is -0.510 e. The van der Waals surface area contributed by atoms with Crippen LogP contribution in [0.2, 0.25) is 0 Å². The van der Waals surface area contributed by atoms with Gasteiger partial charge >= 0.3 is 0 Å². The third-order valence-electron chi connectivity index (χ3n) is 15.3. The van der Waals surface area contributed by atoms with Crippen LogP contribution in [0, 0.1) is 32.3 Å². The van der Waals surface area contributed by atoms with E-state index in [9.17, 15) is 0 Å². The van der Waals surface area contributed by atoms with Crippen LogP contribution in [-0.2, 0) is 48.1 Å². The first-order valence-corrected chi connectivity index (χ1v) is 25.5. The Balaban J connectivity index is 0.00000574. The van der Waals surface area contributed by atoms with Gasteiger partial charge in [-0.1, -0.05) is 155 Å². The molecule has 370 valence electrons. The summed E-state index contributed by atoms with van der Waals surface area (Å²) in [4.78, 5) is 9.58. The number of aromatic nitrogens is 5. The molecule has 0 saturated heterocycles. The van der Waals surface area contributed by atoms with E-state index in [4.69, 9.17) is 14.7 Å². The number of benzene rings is 6. The average molecular weight is 1140 g/mol. The smallest absolute Gasteiger partial charge is 0.268 e. The summed E-state index contributed by atoms with van der Waals surface area (Å²) in [5, 5.41) is 2.22. The summed E-state index contributed by atoms with van der Waals surface area (Å²) in [6, 6.07) is 52.1. The summed E-state index contributed by atoms with van der Waals surface area (Å²) >= 11 is 0. The second-order valence-corrected chi connectivity index (χ2v) is 24.5. The van der Waals surface area contributed by atoms with Crippen LogP contribution in [0.25, 0.3) is 61.2 Å². The van der Waals surface area contributed by atoms with Gasteiger partial charge in [-0.2, -0.15) is 12.1 Å². The number of fused-ring (bicyclic) bond motifs is 12. The molecule has 0 fully saturated rings. The first-order chi connectivity index (χ1) is 34.0. The van der Waals surface area contributed by atoms with Gasteiger partial charge in [0, 0.05) is 61.1 Å². The van der Waals surface area contributed by atoms with Crippen molar-refractivity contribution in [2.45, 2.75) is 124 Å². The van der Waals surface area contributed by atoms with Gasteiger partial charge < -0.3 is 13.9 Å². The normalized spacial score (nSPS) is 13.9. The summed E-state index contributed by atoms with van der Waals surface area (Å²) < 4.78 is 13.7. The Bertz CT molecular complexity index is 3800. The van der Waals surface area contributed by atoms with Gasteiger partial charge in [-0.05, 0) is 127 Å². The SMILES string of the molecule is Cc1cc(-[n+]2[c-]n3c4c(cccc42)C2(c4ccc(Oc5[c-]c6c(cc5)c5ccccc5n6-c5ccccn5)[c-]c4-3)c3c(cc(C(C)(C)C)cc3C(C)(C)C)-c3cc(C(C)(C)C)cc(C(C)(C)C)c32)cc(C)n1.[Pt]. The quantitative estimate of drug-likeness (QED) is 0.130. The number of imidazole rings is 1. The second-order valence-electron chi connectivity index (χ2n) is 24.5. The molecule has 0 amide bonds. The fraction of sp³-hybridized carbons (Fsp3) is 0.288. The molecule has 0 saturated carbocycles. The number of hydrogen-bond acceptors (Lipinski definition) is 3. The van der Waals surface area contributed by atoms with Crippen molar-refractivity contribution in [2.24, 2.45) is 0 Å².